The Balaban J connectivity index is 2.34. The average molecular weight is 238 g/mol. The molecular weight excluding hydrogens is 216 g/mol. The standard InChI is InChI=1S/C13H22N2O2/c1-8(2)11-12(17)14-10(16)6-13(11)5-9(3)15(4)7-13/h8-9,11H,5-7H2,1-4H3,(H,14,16,17). The van der Waals surface area contributed by atoms with Crippen molar-refractivity contribution in [3.05, 3.63) is 0 Å². The predicted molar refractivity (Wildman–Crippen MR) is 65.2 cm³/mol. The first kappa shape index (κ1) is 12.6. The largest absolute Gasteiger partial charge is 0.303 e. The number of piperidine rings is 1. The van der Waals surface area contributed by atoms with Crippen LogP contribution in [0.25, 0.3) is 0 Å². The lowest BCUT2D eigenvalue weighted by atomic mass is 9.64. The zero-order chi connectivity index (χ0) is 12.8. The van der Waals surface area contributed by atoms with E-state index in [1.165, 1.54) is 0 Å². The first-order chi connectivity index (χ1) is 7.85. The van der Waals surface area contributed by atoms with Crippen LogP contribution in [0, 0.1) is 17.3 Å². The van der Waals surface area contributed by atoms with E-state index in [9.17, 15) is 9.59 Å². The van der Waals surface area contributed by atoms with E-state index < -0.39 is 0 Å². The number of carbonyl (C=O) groups is 2. The highest BCUT2D eigenvalue weighted by Crippen LogP contribution is 2.48. The summed E-state index contributed by atoms with van der Waals surface area (Å²) in [7, 11) is 2.08. The van der Waals surface area contributed by atoms with Gasteiger partial charge in [-0.25, -0.2) is 0 Å². The molecule has 2 amide bonds. The van der Waals surface area contributed by atoms with Gasteiger partial charge in [0, 0.05) is 30.3 Å². The second-order valence-corrected chi connectivity index (χ2v) is 6.14. The number of imide groups is 1. The van der Waals surface area contributed by atoms with Crippen LogP contribution in [0.3, 0.4) is 0 Å². The Morgan fingerprint density at radius 1 is 1.41 bits per heavy atom. The number of nitrogens with zero attached hydrogens (tertiary/aromatic N) is 1. The topological polar surface area (TPSA) is 49.4 Å². The summed E-state index contributed by atoms with van der Waals surface area (Å²) in [6.07, 6.45) is 1.45. The molecule has 0 radical (unpaired) electrons. The number of rotatable bonds is 1. The molecule has 17 heavy (non-hydrogen) atoms. The summed E-state index contributed by atoms with van der Waals surface area (Å²) in [6, 6.07) is 0.454. The Morgan fingerprint density at radius 2 is 2.06 bits per heavy atom. The summed E-state index contributed by atoms with van der Waals surface area (Å²) in [5, 5.41) is 2.50. The summed E-state index contributed by atoms with van der Waals surface area (Å²) < 4.78 is 0. The van der Waals surface area contributed by atoms with Crippen LogP contribution >= 0.6 is 0 Å². The maximum atomic E-state index is 12.1. The van der Waals surface area contributed by atoms with Crippen LogP contribution in [-0.2, 0) is 9.59 Å². The molecule has 2 heterocycles. The van der Waals surface area contributed by atoms with E-state index in [1.54, 1.807) is 0 Å². The Bertz CT molecular complexity index is 341. The summed E-state index contributed by atoms with van der Waals surface area (Å²) >= 11 is 0. The number of carbonyl (C=O) groups excluding carboxylic acids is 2. The van der Waals surface area contributed by atoms with Crippen molar-refractivity contribution in [2.24, 2.45) is 17.3 Å². The van der Waals surface area contributed by atoms with Crippen LogP contribution in [0.5, 0.6) is 0 Å². The van der Waals surface area contributed by atoms with E-state index >= 15 is 0 Å². The van der Waals surface area contributed by atoms with E-state index in [2.05, 4.69) is 38.0 Å². The van der Waals surface area contributed by atoms with Crippen LogP contribution in [0.1, 0.15) is 33.6 Å². The molecule has 0 aromatic rings. The van der Waals surface area contributed by atoms with Crippen molar-refractivity contribution < 1.29 is 9.59 Å². The molecule has 1 spiro atoms. The Kier molecular flexibility index (Phi) is 3.02. The number of nitrogens with one attached hydrogen (secondary N) is 1. The fourth-order valence-electron chi connectivity index (χ4n) is 3.79. The molecule has 1 N–H and O–H groups in total. The molecule has 96 valence electrons. The molecule has 0 bridgehead atoms. The normalized spacial score (nSPS) is 39.1. The molecule has 0 aliphatic carbocycles. The van der Waals surface area contributed by atoms with Crippen molar-refractivity contribution in [3.63, 3.8) is 0 Å². The monoisotopic (exact) mass is 238 g/mol. The number of likely N-dealkylation sites (tertiary alicyclic amines) is 1. The van der Waals surface area contributed by atoms with E-state index in [0.29, 0.717) is 12.5 Å². The Labute approximate surface area is 103 Å². The summed E-state index contributed by atoms with van der Waals surface area (Å²) in [6.45, 7) is 7.18. The quantitative estimate of drug-likeness (QED) is 0.694. The number of hydrogen-bond acceptors (Lipinski definition) is 3. The maximum Gasteiger partial charge on any atom is 0.230 e. The third-order valence-corrected chi connectivity index (χ3v) is 4.40. The van der Waals surface area contributed by atoms with Crippen LogP contribution in [0.4, 0.5) is 0 Å². The van der Waals surface area contributed by atoms with Crippen molar-refractivity contribution in [1.82, 2.24) is 10.2 Å². The minimum absolute atomic E-state index is 0.0346. The van der Waals surface area contributed by atoms with Gasteiger partial charge in [0.05, 0.1) is 0 Å². The van der Waals surface area contributed by atoms with Gasteiger partial charge >= 0.3 is 0 Å². The molecule has 4 heteroatoms. The second kappa shape index (κ2) is 4.09. The lowest BCUT2D eigenvalue weighted by Gasteiger charge is -2.41. The Hall–Kier alpha value is -0.900. The highest BCUT2D eigenvalue weighted by atomic mass is 16.2. The summed E-state index contributed by atoms with van der Waals surface area (Å²) in [5.41, 5.74) is -0.137. The highest BCUT2D eigenvalue weighted by molar-refractivity contribution is 6.00. The predicted octanol–water partition coefficient (Wildman–Crippen LogP) is 1.02. The smallest absolute Gasteiger partial charge is 0.230 e. The molecule has 2 aliphatic heterocycles. The van der Waals surface area contributed by atoms with Crippen LogP contribution in [0.15, 0.2) is 0 Å². The minimum Gasteiger partial charge on any atom is -0.303 e. The van der Waals surface area contributed by atoms with E-state index in [-0.39, 0.29) is 29.1 Å². The van der Waals surface area contributed by atoms with Crippen molar-refractivity contribution >= 4 is 11.8 Å². The van der Waals surface area contributed by atoms with Crippen molar-refractivity contribution in [3.8, 4) is 0 Å². The van der Waals surface area contributed by atoms with E-state index in [1.807, 2.05) is 0 Å². The third kappa shape index (κ3) is 1.99. The van der Waals surface area contributed by atoms with Gasteiger partial charge in [0.25, 0.3) is 0 Å². The molecule has 0 aromatic heterocycles. The SMILES string of the molecule is CC(C)C1C(=O)NC(=O)CC12CC(C)N(C)C2. The van der Waals surface area contributed by atoms with Gasteiger partial charge in [0.15, 0.2) is 0 Å². The number of amides is 2. The van der Waals surface area contributed by atoms with Crippen molar-refractivity contribution in [1.29, 1.82) is 0 Å². The van der Waals surface area contributed by atoms with Gasteiger partial charge in [-0.15, -0.1) is 0 Å². The van der Waals surface area contributed by atoms with Gasteiger partial charge in [0.2, 0.25) is 11.8 Å². The fourth-order valence-corrected chi connectivity index (χ4v) is 3.79. The Morgan fingerprint density at radius 3 is 2.53 bits per heavy atom. The third-order valence-electron chi connectivity index (χ3n) is 4.40. The number of hydrogen-bond donors (Lipinski definition) is 1. The van der Waals surface area contributed by atoms with E-state index in [4.69, 9.17) is 0 Å². The summed E-state index contributed by atoms with van der Waals surface area (Å²) in [5.74, 6) is 0.0718. The minimum atomic E-state index is -0.137. The van der Waals surface area contributed by atoms with Gasteiger partial charge in [-0.2, -0.15) is 0 Å². The summed E-state index contributed by atoms with van der Waals surface area (Å²) in [4.78, 5) is 26.0. The average Bonchev–Trinajstić information content (AvgIpc) is 2.38. The second-order valence-electron chi connectivity index (χ2n) is 6.14. The molecule has 0 aromatic carbocycles. The molecule has 2 aliphatic rings. The molecule has 3 atom stereocenters. The maximum absolute atomic E-state index is 12.1. The molecule has 4 nitrogen and oxygen atoms in total. The van der Waals surface area contributed by atoms with Gasteiger partial charge in [-0.3, -0.25) is 14.9 Å². The molecule has 2 saturated heterocycles. The van der Waals surface area contributed by atoms with Crippen molar-refractivity contribution in [2.45, 2.75) is 39.7 Å². The zero-order valence-electron chi connectivity index (χ0n) is 11.1. The molecule has 3 unspecified atom stereocenters. The van der Waals surface area contributed by atoms with Gasteiger partial charge in [-0.1, -0.05) is 13.8 Å². The molecule has 2 rings (SSSR count). The lowest BCUT2D eigenvalue weighted by molar-refractivity contribution is -0.145. The molecular formula is C13H22N2O2. The lowest BCUT2D eigenvalue weighted by Crippen LogP contribution is -2.54. The highest BCUT2D eigenvalue weighted by Gasteiger charge is 2.54. The van der Waals surface area contributed by atoms with Gasteiger partial charge in [0.1, 0.15) is 0 Å². The first-order valence-electron chi connectivity index (χ1n) is 6.40. The van der Waals surface area contributed by atoms with Gasteiger partial charge < -0.3 is 4.90 Å². The zero-order valence-corrected chi connectivity index (χ0v) is 11.1. The fraction of sp³-hybridized carbons (Fsp3) is 0.846. The molecule has 2 fully saturated rings. The van der Waals surface area contributed by atoms with Crippen LogP contribution < -0.4 is 5.32 Å². The van der Waals surface area contributed by atoms with Gasteiger partial charge in [-0.05, 0) is 26.3 Å². The first-order valence-corrected chi connectivity index (χ1v) is 6.40. The van der Waals surface area contributed by atoms with Crippen molar-refractivity contribution in [2.75, 3.05) is 13.6 Å². The van der Waals surface area contributed by atoms with Crippen LogP contribution in [-0.4, -0.2) is 36.3 Å². The van der Waals surface area contributed by atoms with E-state index in [0.717, 1.165) is 13.0 Å². The van der Waals surface area contributed by atoms with Crippen LogP contribution in [0.2, 0.25) is 0 Å². The molecule has 0 saturated carbocycles.